The number of carboxylic acid groups (broad SMARTS) is 2. The molecule has 2 heterocycles. The first-order valence-electron chi connectivity index (χ1n) is 16.4. The number of aliphatic carboxylic acids is 2. The van der Waals surface area contributed by atoms with Crippen LogP contribution in [0, 0.1) is 5.92 Å². The normalized spacial score (nSPS) is 18.8. The zero-order valence-electron chi connectivity index (χ0n) is 27.8. The highest BCUT2D eigenvalue weighted by atomic mass is 16.7. The third-order valence-electron chi connectivity index (χ3n) is 8.77. The minimum atomic E-state index is -1.41. The van der Waals surface area contributed by atoms with E-state index in [1.807, 2.05) is 52.3 Å². The summed E-state index contributed by atoms with van der Waals surface area (Å²) in [5.41, 5.74) is 2.14. The molecule has 11 heteroatoms. The van der Waals surface area contributed by atoms with Crippen LogP contribution in [0.1, 0.15) is 74.3 Å². The van der Waals surface area contributed by atoms with Gasteiger partial charge in [0.1, 0.15) is 5.75 Å². The molecule has 1 saturated heterocycles. The number of benzene rings is 3. The molecule has 11 nitrogen and oxygen atoms in total. The van der Waals surface area contributed by atoms with E-state index in [4.69, 9.17) is 24.4 Å². The summed E-state index contributed by atoms with van der Waals surface area (Å²) in [6, 6.07) is 20.9. The van der Waals surface area contributed by atoms with Crippen molar-refractivity contribution in [2.24, 2.45) is 5.92 Å². The van der Waals surface area contributed by atoms with Crippen LogP contribution in [0.25, 0.3) is 0 Å². The van der Waals surface area contributed by atoms with E-state index >= 15 is 0 Å². The van der Waals surface area contributed by atoms with Gasteiger partial charge in [-0.25, -0.2) is 4.79 Å². The van der Waals surface area contributed by atoms with Gasteiger partial charge in [-0.15, -0.1) is 0 Å². The van der Waals surface area contributed by atoms with E-state index in [-0.39, 0.29) is 25.2 Å². The molecular formula is C37H46N2O9. The van der Waals surface area contributed by atoms with Crippen molar-refractivity contribution < 1.29 is 43.9 Å². The summed E-state index contributed by atoms with van der Waals surface area (Å²) < 4.78 is 16.3. The second-order valence-electron chi connectivity index (χ2n) is 12.0. The average Bonchev–Trinajstić information content (AvgIpc) is 3.73. The van der Waals surface area contributed by atoms with Crippen molar-refractivity contribution in [3.05, 3.63) is 89.5 Å². The number of nitrogens with zero attached hydrogens (tertiary/aromatic N) is 2. The Hall–Kier alpha value is -4.61. The predicted octanol–water partition coefficient (Wildman–Crippen LogP) is 5.50. The molecule has 0 spiro atoms. The molecule has 2 aliphatic heterocycles. The van der Waals surface area contributed by atoms with E-state index in [2.05, 4.69) is 13.8 Å². The van der Waals surface area contributed by atoms with Crippen LogP contribution in [0.5, 0.6) is 17.2 Å². The van der Waals surface area contributed by atoms with Crippen molar-refractivity contribution in [3.8, 4) is 17.2 Å². The summed E-state index contributed by atoms with van der Waals surface area (Å²) in [5, 5.41) is 27.8. The number of amides is 1. The van der Waals surface area contributed by atoms with Gasteiger partial charge in [0.2, 0.25) is 12.7 Å². The van der Waals surface area contributed by atoms with Gasteiger partial charge in [-0.3, -0.25) is 14.5 Å². The summed E-state index contributed by atoms with van der Waals surface area (Å²) in [5.74, 6) is -1.11. The Labute approximate surface area is 281 Å². The lowest BCUT2D eigenvalue weighted by atomic mass is 9.82. The number of rotatable bonds is 14. The summed E-state index contributed by atoms with van der Waals surface area (Å²) in [7, 11) is 1.60. The number of aliphatic hydroxyl groups is 1. The molecule has 3 N–H and O–H groups in total. The van der Waals surface area contributed by atoms with Crippen LogP contribution in [0.3, 0.4) is 0 Å². The monoisotopic (exact) mass is 662 g/mol. The van der Waals surface area contributed by atoms with E-state index in [1.54, 1.807) is 37.4 Å². The third-order valence-corrected chi connectivity index (χ3v) is 8.77. The van der Waals surface area contributed by atoms with E-state index in [0.29, 0.717) is 29.4 Å². The lowest BCUT2D eigenvalue weighted by Gasteiger charge is -2.30. The molecular weight excluding hydrogens is 616 g/mol. The number of carboxylic acids is 2. The lowest BCUT2D eigenvalue weighted by molar-refractivity contribution is -0.147. The van der Waals surface area contributed by atoms with Gasteiger partial charge in [-0.05, 0) is 53.8 Å². The fourth-order valence-electron chi connectivity index (χ4n) is 6.18. The third kappa shape index (κ3) is 9.05. The smallest absolute Gasteiger partial charge is 0.337 e. The summed E-state index contributed by atoms with van der Waals surface area (Å²) in [4.78, 5) is 40.6. The Balaban J connectivity index is 0.000000401. The Morgan fingerprint density at radius 3 is 2.10 bits per heavy atom. The molecule has 0 aromatic heterocycles. The number of fused-ring (bicyclic) bond motifs is 1. The lowest BCUT2D eigenvalue weighted by Crippen LogP contribution is -2.42. The van der Waals surface area contributed by atoms with E-state index < -0.39 is 30.0 Å². The van der Waals surface area contributed by atoms with Crippen molar-refractivity contribution in [2.45, 2.75) is 57.6 Å². The predicted molar refractivity (Wildman–Crippen MR) is 179 cm³/mol. The van der Waals surface area contributed by atoms with Crippen LogP contribution in [0.2, 0.25) is 0 Å². The number of likely N-dealkylation sites (tertiary alicyclic amines) is 1. The second-order valence-corrected chi connectivity index (χ2v) is 12.0. The maximum Gasteiger partial charge on any atom is 0.337 e. The molecule has 3 aromatic carbocycles. The standard InChI is InChI=1S/C29H38N2O6.C8H8O3/c1-4-6-14-30(15-7-5-2)26(32)18-31-17-23(21-10-13-24-25(16-21)37-19-36-24)27(29(33)34)28(31)20-8-11-22(35-3)12-9-20;9-7(8(10)11)6-4-2-1-3-5-6/h8-13,16,23,27-28H,4-7,14-15,17-19H2,1-3H3,(H,33,34);1-5,7,9H,(H,10,11)/t23-,27-,28+;7-/m10/s1. The molecule has 2 aliphatic rings. The van der Waals surface area contributed by atoms with Crippen molar-refractivity contribution in [3.63, 3.8) is 0 Å². The molecule has 1 fully saturated rings. The quantitative estimate of drug-likeness (QED) is 0.202. The van der Waals surface area contributed by atoms with E-state index in [9.17, 15) is 19.5 Å². The minimum absolute atomic E-state index is 0.0517. The molecule has 5 rings (SSSR count). The summed E-state index contributed by atoms with van der Waals surface area (Å²) in [6.07, 6.45) is 2.53. The fraction of sp³-hybridized carbons (Fsp3) is 0.432. The molecule has 48 heavy (non-hydrogen) atoms. The van der Waals surface area contributed by atoms with Crippen LogP contribution < -0.4 is 14.2 Å². The first kappa shape index (κ1) is 36.2. The molecule has 0 unspecified atom stereocenters. The highest BCUT2D eigenvalue weighted by Crippen LogP contribution is 2.47. The molecule has 0 aliphatic carbocycles. The Morgan fingerprint density at radius 2 is 1.52 bits per heavy atom. The molecule has 0 radical (unpaired) electrons. The van der Waals surface area contributed by atoms with Crippen LogP contribution in [-0.2, 0) is 14.4 Å². The zero-order valence-corrected chi connectivity index (χ0v) is 27.8. The Morgan fingerprint density at radius 1 is 0.896 bits per heavy atom. The number of methoxy groups -OCH3 is 1. The zero-order chi connectivity index (χ0) is 34.6. The molecule has 1 amide bonds. The van der Waals surface area contributed by atoms with Gasteiger partial charge in [0.25, 0.3) is 0 Å². The topological polar surface area (TPSA) is 146 Å². The van der Waals surface area contributed by atoms with Gasteiger partial charge < -0.3 is 34.4 Å². The van der Waals surface area contributed by atoms with Gasteiger partial charge >= 0.3 is 11.9 Å². The average molecular weight is 663 g/mol. The maximum absolute atomic E-state index is 13.5. The number of unbranched alkanes of at least 4 members (excludes halogenated alkanes) is 2. The maximum atomic E-state index is 13.5. The van der Waals surface area contributed by atoms with Crippen LogP contribution in [0.4, 0.5) is 0 Å². The summed E-state index contributed by atoms with van der Waals surface area (Å²) >= 11 is 0. The largest absolute Gasteiger partial charge is 0.497 e. The van der Waals surface area contributed by atoms with E-state index in [1.165, 1.54) is 0 Å². The van der Waals surface area contributed by atoms with Gasteiger partial charge in [-0.2, -0.15) is 0 Å². The number of hydrogen-bond acceptors (Lipinski definition) is 8. The molecule has 3 aromatic rings. The van der Waals surface area contributed by atoms with Crippen molar-refractivity contribution in [1.29, 1.82) is 0 Å². The number of carbonyl (C=O) groups excluding carboxylic acids is 1. The Bertz CT molecular complexity index is 1490. The van der Waals surface area contributed by atoms with Gasteiger partial charge in [-0.1, -0.05) is 75.2 Å². The number of ether oxygens (including phenoxy) is 3. The SMILES string of the molecule is CCCCN(CCCC)C(=O)CN1C[C@H](c2ccc3c(c2)OCO3)[C@@H](C(=O)O)[C@@H]1c1ccc(OC)cc1.O=C(O)[C@@H](O)c1ccccc1. The fourth-order valence-corrected chi connectivity index (χ4v) is 6.18. The van der Waals surface area contributed by atoms with E-state index in [0.717, 1.165) is 49.9 Å². The summed E-state index contributed by atoms with van der Waals surface area (Å²) in [6.45, 7) is 6.48. The van der Waals surface area contributed by atoms with Crippen LogP contribution in [0.15, 0.2) is 72.8 Å². The van der Waals surface area contributed by atoms with Crippen molar-refractivity contribution >= 4 is 17.8 Å². The highest BCUT2D eigenvalue weighted by molar-refractivity contribution is 5.79. The minimum Gasteiger partial charge on any atom is -0.497 e. The van der Waals surface area contributed by atoms with Crippen LogP contribution in [-0.4, -0.2) is 83.0 Å². The van der Waals surface area contributed by atoms with Crippen LogP contribution >= 0.6 is 0 Å². The molecule has 4 atom stereocenters. The van der Waals surface area contributed by atoms with Gasteiger partial charge in [0.05, 0.1) is 19.6 Å². The molecule has 0 bridgehead atoms. The van der Waals surface area contributed by atoms with Gasteiger partial charge in [0, 0.05) is 31.6 Å². The van der Waals surface area contributed by atoms with Gasteiger partial charge in [0.15, 0.2) is 17.6 Å². The highest BCUT2D eigenvalue weighted by Gasteiger charge is 2.48. The first-order chi connectivity index (χ1) is 23.2. The van der Waals surface area contributed by atoms with Crippen molar-refractivity contribution in [2.75, 3.05) is 40.1 Å². The number of hydrogen-bond donors (Lipinski definition) is 3. The number of carbonyl (C=O) groups is 3. The Kier molecular flexibility index (Phi) is 13.2. The first-order valence-corrected chi connectivity index (χ1v) is 16.4. The second kappa shape index (κ2) is 17.5. The van der Waals surface area contributed by atoms with Crippen molar-refractivity contribution in [1.82, 2.24) is 9.80 Å². The number of aliphatic hydroxyl groups excluding tert-OH is 1. The molecule has 0 saturated carbocycles. The molecule has 258 valence electrons.